The quantitative estimate of drug-likeness (QED) is 0.750. The lowest BCUT2D eigenvalue weighted by Gasteiger charge is -2.44. The Balaban J connectivity index is 1.70. The molecule has 1 amide bonds. The number of aliphatic hydroxyl groups is 1. The molecule has 124 valence electrons. The fourth-order valence-corrected chi connectivity index (χ4v) is 4.51. The highest BCUT2D eigenvalue weighted by molar-refractivity contribution is 5.85. The van der Waals surface area contributed by atoms with Crippen LogP contribution in [0.25, 0.3) is 0 Å². The molecule has 0 aromatic heterocycles. The zero-order chi connectivity index (χ0) is 16.0. The number of aryl methyl sites for hydroxylation is 1. The standard InChI is InChI=1S/C18H25N3O2/c1-12-4-2-3-5-14(12)16-15-7-19-6-13(15)8-21(16)17(23)18(11-22)9-20-10-18/h2-5,13,15-16,19-20,22H,6-11H2,1H3/t13-,15-,16+/m0/s1. The Bertz CT molecular complexity index is 609. The van der Waals surface area contributed by atoms with E-state index in [1.165, 1.54) is 11.1 Å². The fourth-order valence-electron chi connectivity index (χ4n) is 4.51. The second-order valence-electron chi connectivity index (χ2n) is 7.38. The smallest absolute Gasteiger partial charge is 0.234 e. The summed E-state index contributed by atoms with van der Waals surface area (Å²) < 4.78 is 0. The molecule has 0 aliphatic carbocycles. The SMILES string of the molecule is Cc1ccccc1[C@@H]1[C@H]2CNC[C@H]2CN1C(=O)C1(CO)CNC1. The summed E-state index contributed by atoms with van der Waals surface area (Å²) in [7, 11) is 0. The van der Waals surface area contributed by atoms with Crippen LogP contribution in [0.1, 0.15) is 17.2 Å². The Morgan fingerprint density at radius 2 is 2.09 bits per heavy atom. The average Bonchev–Trinajstić information content (AvgIpc) is 3.08. The number of fused-ring (bicyclic) bond motifs is 1. The molecule has 0 bridgehead atoms. The van der Waals surface area contributed by atoms with Crippen LogP contribution in [0.15, 0.2) is 24.3 Å². The molecule has 3 aliphatic rings. The summed E-state index contributed by atoms with van der Waals surface area (Å²) in [6.45, 7) is 6.00. The molecule has 0 unspecified atom stereocenters. The molecule has 1 aromatic rings. The maximum atomic E-state index is 13.2. The summed E-state index contributed by atoms with van der Waals surface area (Å²) in [4.78, 5) is 15.3. The van der Waals surface area contributed by atoms with E-state index in [9.17, 15) is 9.90 Å². The van der Waals surface area contributed by atoms with Crippen LogP contribution in [-0.4, -0.2) is 55.2 Å². The molecule has 3 atom stereocenters. The van der Waals surface area contributed by atoms with Crippen molar-refractivity contribution in [2.24, 2.45) is 17.3 Å². The van der Waals surface area contributed by atoms with Crippen LogP contribution >= 0.6 is 0 Å². The predicted octanol–water partition coefficient (Wildman–Crippen LogP) is 0.296. The van der Waals surface area contributed by atoms with E-state index in [1.54, 1.807) is 0 Å². The van der Waals surface area contributed by atoms with Crippen molar-refractivity contribution in [2.45, 2.75) is 13.0 Å². The molecule has 3 saturated heterocycles. The van der Waals surface area contributed by atoms with Gasteiger partial charge < -0.3 is 20.6 Å². The Morgan fingerprint density at radius 3 is 2.74 bits per heavy atom. The fraction of sp³-hybridized carbons (Fsp3) is 0.611. The first-order valence-electron chi connectivity index (χ1n) is 8.55. The van der Waals surface area contributed by atoms with Gasteiger partial charge in [0.2, 0.25) is 5.91 Å². The maximum Gasteiger partial charge on any atom is 0.234 e. The van der Waals surface area contributed by atoms with Crippen molar-refractivity contribution in [1.82, 2.24) is 15.5 Å². The van der Waals surface area contributed by atoms with Crippen LogP contribution in [0.2, 0.25) is 0 Å². The lowest BCUT2D eigenvalue weighted by atomic mass is 9.80. The molecule has 1 aromatic carbocycles. The van der Waals surface area contributed by atoms with Crippen LogP contribution in [0.4, 0.5) is 0 Å². The second kappa shape index (κ2) is 5.58. The average molecular weight is 315 g/mol. The van der Waals surface area contributed by atoms with E-state index in [0.717, 1.165) is 19.6 Å². The van der Waals surface area contributed by atoms with Gasteiger partial charge in [0, 0.05) is 38.6 Å². The first-order chi connectivity index (χ1) is 11.2. The number of likely N-dealkylation sites (tertiary alicyclic amines) is 1. The van der Waals surface area contributed by atoms with Crippen LogP contribution in [-0.2, 0) is 4.79 Å². The molecule has 3 fully saturated rings. The third kappa shape index (κ3) is 2.22. The molecule has 5 nitrogen and oxygen atoms in total. The van der Waals surface area contributed by atoms with Gasteiger partial charge in [-0.2, -0.15) is 0 Å². The van der Waals surface area contributed by atoms with E-state index in [4.69, 9.17) is 0 Å². The summed E-state index contributed by atoms with van der Waals surface area (Å²) >= 11 is 0. The molecular formula is C18H25N3O2. The molecular weight excluding hydrogens is 290 g/mol. The second-order valence-corrected chi connectivity index (χ2v) is 7.38. The Morgan fingerprint density at radius 1 is 1.30 bits per heavy atom. The van der Waals surface area contributed by atoms with Crippen molar-refractivity contribution >= 4 is 5.91 Å². The zero-order valence-corrected chi connectivity index (χ0v) is 13.6. The van der Waals surface area contributed by atoms with Gasteiger partial charge >= 0.3 is 0 Å². The van der Waals surface area contributed by atoms with Crippen molar-refractivity contribution < 1.29 is 9.90 Å². The summed E-state index contributed by atoms with van der Waals surface area (Å²) in [5, 5.41) is 16.4. The number of aliphatic hydroxyl groups excluding tert-OH is 1. The highest BCUT2D eigenvalue weighted by Crippen LogP contribution is 2.45. The van der Waals surface area contributed by atoms with Crippen molar-refractivity contribution in [3.8, 4) is 0 Å². The van der Waals surface area contributed by atoms with Crippen molar-refractivity contribution in [2.75, 3.05) is 39.3 Å². The van der Waals surface area contributed by atoms with Crippen LogP contribution in [0.5, 0.6) is 0 Å². The summed E-state index contributed by atoms with van der Waals surface area (Å²) in [6, 6.07) is 8.53. The minimum Gasteiger partial charge on any atom is -0.395 e. The predicted molar refractivity (Wildman–Crippen MR) is 87.9 cm³/mol. The number of hydrogen-bond donors (Lipinski definition) is 3. The van der Waals surface area contributed by atoms with Crippen molar-refractivity contribution in [1.29, 1.82) is 0 Å². The van der Waals surface area contributed by atoms with E-state index in [0.29, 0.717) is 24.9 Å². The zero-order valence-electron chi connectivity index (χ0n) is 13.6. The number of hydrogen-bond acceptors (Lipinski definition) is 4. The van der Waals surface area contributed by atoms with Gasteiger partial charge in [0.25, 0.3) is 0 Å². The molecule has 3 heterocycles. The van der Waals surface area contributed by atoms with E-state index in [1.807, 2.05) is 0 Å². The topological polar surface area (TPSA) is 64.6 Å². The van der Waals surface area contributed by atoms with E-state index in [2.05, 4.69) is 46.7 Å². The summed E-state index contributed by atoms with van der Waals surface area (Å²) in [5.74, 6) is 1.12. The van der Waals surface area contributed by atoms with E-state index < -0.39 is 5.41 Å². The number of nitrogens with one attached hydrogen (secondary N) is 2. The van der Waals surface area contributed by atoms with Crippen LogP contribution < -0.4 is 10.6 Å². The third-order valence-corrected chi connectivity index (χ3v) is 6.02. The Labute approximate surface area is 137 Å². The summed E-state index contributed by atoms with van der Waals surface area (Å²) in [6.07, 6.45) is 0. The largest absolute Gasteiger partial charge is 0.395 e. The third-order valence-electron chi connectivity index (χ3n) is 6.02. The molecule has 3 N–H and O–H groups in total. The molecule has 0 saturated carbocycles. The minimum absolute atomic E-state index is 0.0661. The Kier molecular flexibility index (Phi) is 3.67. The number of carbonyl (C=O) groups is 1. The van der Waals surface area contributed by atoms with E-state index >= 15 is 0 Å². The number of rotatable bonds is 3. The van der Waals surface area contributed by atoms with Gasteiger partial charge in [-0.1, -0.05) is 24.3 Å². The lowest BCUT2D eigenvalue weighted by Crippen LogP contribution is -2.64. The normalized spacial score (nSPS) is 31.7. The minimum atomic E-state index is -0.604. The van der Waals surface area contributed by atoms with Gasteiger partial charge in [0.05, 0.1) is 18.1 Å². The number of nitrogens with zero attached hydrogens (tertiary/aromatic N) is 1. The van der Waals surface area contributed by atoms with Crippen molar-refractivity contribution in [3.05, 3.63) is 35.4 Å². The Hall–Kier alpha value is -1.43. The molecule has 0 spiro atoms. The number of carbonyl (C=O) groups excluding carboxylic acids is 1. The van der Waals surface area contributed by atoms with Gasteiger partial charge in [-0.25, -0.2) is 0 Å². The van der Waals surface area contributed by atoms with Gasteiger partial charge in [-0.3, -0.25) is 4.79 Å². The van der Waals surface area contributed by atoms with Gasteiger partial charge in [0.1, 0.15) is 0 Å². The first kappa shape index (κ1) is 15.1. The summed E-state index contributed by atoms with van der Waals surface area (Å²) in [5.41, 5.74) is 1.90. The lowest BCUT2D eigenvalue weighted by molar-refractivity contribution is -0.150. The van der Waals surface area contributed by atoms with Crippen LogP contribution in [0, 0.1) is 24.2 Å². The molecule has 0 radical (unpaired) electrons. The highest BCUT2D eigenvalue weighted by atomic mass is 16.3. The number of benzene rings is 1. The van der Waals surface area contributed by atoms with Gasteiger partial charge in [-0.15, -0.1) is 0 Å². The van der Waals surface area contributed by atoms with E-state index in [-0.39, 0.29) is 18.6 Å². The molecule has 5 heteroatoms. The van der Waals surface area contributed by atoms with Gasteiger partial charge in [-0.05, 0) is 24.0 Å². The van der Waals surface area contributed by atoms with Gasteiger partial charge in [0.15, 0.2) is 0 Å². The maximum absolute atomic E-state index is 13.2. The molecule has 4 rings (SSSR count). The number of amides is 1. The molecule has 23 heavy (non-hydrogen) atoms. The highest BCUT2D eigenvalue weighted by Gasteiger charge is 2.53. The molecule has 3 aliphatic heterocycles. The first-order valence-corrected chi connectivity index (χ1v) is 8.55. The van der Waals surface area contributed by atoms with Crippen molar-refractivity contribution in [3.63, 3.8) is 0 Å². The van der Waals surface area contributed by atoms with Crippen LogP contribution in [0.3, 0.4) is 0 Å². The monoisotopic (exact) mass is 315 g/mol.